The second-order valence-corrected chi connectivity index (χ2v) is 4.68. The topological polar surface area (TPSA) is 102 Å². The summed E-state index contributed by atoms with van der Waals surface area (Å²) in [5.74, 6) is -0.939. The van der Waals surface area contributed by atoms with E-state index < -0.39 is 5.97 Å². The number of carboxylic acids is 1. The average Bonchev–Trinajstić information content (AvgIpc) is 2.67. The third-order valence-corrected chi connectivity index (χ3v) is 2.99. The van der Waals surface area contributed by atoms with Crippen molar-refractivity contribution in [2.24, 2.45) is 10.7 Å². The maximum atomic E-state index is 11.4. The average molecular weight is 278 g/mol. The Morgan fingerprint density at radius 1 is 1.42 bits per heavy atom. The molecule has 0 unspecified atom stereocenters. The molecule has 3 N–H and O–H groups in total. The fourth-order valence-corrected chi connectivity index (χ4v) is 2.06. The Hall–Kier alpha value is -2.28. The number of carbonyl (C=O) groups excluding carboxylic acids is 1. The summed E-state index contributed by atoms with van der Waals surface area (Å²) in [6, 6.07) is 6.69. The van der Waals surface area contributed by atoms with Gasteiger partial charge in [-0.1, -0.05) is 12.1 Å². The van der Waals surface area contributed by atoms with Crippen molar-refractivity contribution in [3.8, 4) is 5.75 Å². The molecule has 0 atom stereocenters. The number of hydrogen-bond donors (Lipinski definition) is 2. The van der Waals surface area contributed by atoms with Crippen molar-refractivity contribution in [2.45, 2.75) is 0 Å². The van der Waals surface area contributed by atoms with Crippen molar-refractivity contribution in [3.63, 3.8) is 0 Å². The number of hydrogen-bond acceptors (Lipinski definition) is 5. The number of thioether (sulfide) groups is 1. The number of carbonyl (C=O) groups is 2. The zero-order valence-electron chi connectivity index (χ0n) is 9.70. The van der Waals surface area contributed by atoms with Gasteiger partial charge >= 0.3 is 5.97 Å². The van der Waals surface area contributed by atoms with Gasteiger partial charge in [0.2, 0.25) is 0 Å². The normalized spacial score (nSPS) is 16.5. The number of ether oxygens (including phenoxy) is 1. The lowest BCUT2D eigenvalue weighted by molar-refractivity contribution is -0.139. The van der Waals surface area contributed by atoms with Crippen LogP contribution in [0, 0.1) is 0 Å². The van der Waals surface area contributed by atoms with Gasteiger partial charge < -0.3 is 15.6 Å². The Morgan fingerprint density at radius 3 is 2.63 bits per heavy atom. The summed E-state index contributed by atoms with van der Waals surface area (Å²) in [4.78, 5) is 25.8. The van der Waals surface area contributed by atoms with E-state index in [4.69, 9.17) is 15.6 Å². The highest BCUT2D eigenvalue weighted by Crippen LogP contribution is 2.26. The van der Waals surface area contributed by atoms with Crippen LogP contribution in [0.4, 0.5) is 0 Å². The zero-order valence-corrected chi connectivity index (χ0v) is 10.5. The molecule has 1 aliphatic rings. The van der Waals surface area contributed by atoms with E-state index in [0.717, 1.165) is 17.3 Å². The molecular weight excluding hydrogens is 268 g/mol. The van der Waals surface area contributed by atoms with Crippen molar-refractivity contribution in [2.75, 3.05) is 6.61 Å². The van der Waals surface area contributed by atoms with E-state index in [9.17, 15) is 9.59 Å². The minimum Gasteiger partial charge on any atom is -0.482 e. The van der Waals surface area contributed by atoms with E-state index in [2.05, 4.69) is 4.99 Å². The van der Waals surface area contributed by atoms with E-state index in [1.54, 1.807) is 30.3 Å². The minimum atomic E-state index is -1.04. The highest BCUT2D eigenvalue weighted by Gasteiger charge is 2.19. The Bertz CT molecular complexity index is 578. The number of amides is 1. The van der Waals surface area contributed by atoms with Crippen LogP contribution in [0.2, 0.25) is 0 Å². The first-order valence-electron chi connectivity index (χ1n) is 5.27. The summed E-state index contributed by atoms with van der Waals surface area (Å²) in [5, 5.41) is 8.71. The monoisotopic (exact) mass is 278 g/mol. The highest BCUT2D eigenvalue weighted by atomic mass is 32.2. The molecule has 1 aromatic rings. The van der Waals surface area contributed by atoms with Crippen molar-refractivity contribution >= 4 is 34.9 Å². The largest absolute Gasteiger partial charge is 0.482 e. The van der Waals surface area contributed by atoms with Gasteiger partial charge in [-0.05, 0) is 35.5 Å². The van der Waals surface area contributed by atoms with E-state index in [1.807, 2.05) is 0 Å². The van der Waals surface area contributed by atoms with Crippen molar-refractivity contribution in [1.82, 2.24) is 0 Å². The van der Waals surface area contributed by atoms with Crippen LogP contribution in [-0.4, -0.2) is 28.8 Å². The zero-order chi connectivity index (χ0) is 13.8. The van der Waals surface area contributed by atoms with Gasteiger partial charge in [-0.2, -0.15) is 4.99 Å². The second kappa shape index (κ2) is 5.57. The lowest BCUT2D eigenvalue weighted by atomic mass is 10.2. The molecule has 0 fully saturated rings. The summed E-state index contributed by atoms with van der Waals surface area (Å²) in [6.07, 6.45) is 1.66. The predicted molar refractivity (Wildman–Crippen MR) is 71.8 cm³/mol. The first-order valence-corrected chi connectivity index (χ1v) is 6.09. The number of nitrogens with two attached hydrogens (primary N) is 1. The van der Waals surface area contributed by atoms with Crippen LogP contribution >= 0.6 is 11.8 Å². The van der Waals surface area contributed by atoms with Crippen LogP contribution in [-0.2, 0) is 9.59 Å². The summed E-state index contributed by atoms with van der Waals surface area (Å²) < 4.78 is 5.00. The molecule has 7 heteroatoms. The number of nitrogens with zero attached hydrogens (tertiary/aromatic N) is 1. The van der Waals surface area contributed by atoms with Crippen LogP contribution in [0.1, 0.15) is 5.56 Å². The molecule has 1 aliphatic heterocycles. The first kappa shape index (κ1) is 13.2. The molecule has 1 amide bonds. The quantitative estimate of drug-likeness (QED) is 0.799. The summed E-state index contributed by atoms with van der Waals surface area (Å²) in [6.45, 7) is -0.390. The maximum absolute atomic E-state index is 11.4. The molecule has 0 spiro atoms. The molecular formula is C12H10N2O4S. The molecule has 0 bridgehead atoms. The maximum Gasteiger partial charge on any atom is 0.341 e. The van der Waals surface area contributed by atoms with Gasteiger partial charge in [0, 0.05) is 0 Å². The van der Waals surface area contributed by atoms with Gasteiger partial charge in [0.25, 0.3) is 5.91 Å². The SMILES string of the molecule is NC1=NC(=O)/C(=C\c2ccc(OCC(=O)O)cc2)S1. The van der Waals surface area contributed by atoms with Crippen molar-refractivity contribution in [1.29, 1.82) is 0 Å². The van der Waals surface area contributed by atoms with Crippen molar-refractivity contribution < 1.29 is 19.4 Å². The Balaban J connectivity index is 2.05. The van der Waals surface area contributed by atoms with Crippen LogP contribution in [0.3, 0.4) is 0 Å². The van der Waals surface area contributed by atoms with Crippen LogP contribution < -0.4 is 10.5 Å². The van der Waals surface area contributed by atoms with Gasteiger partial charge in [0.15, 0.2) is 11.8 Å². The van der Waals surface area contributed by atoms with Gasteiger partial charge in [0.1, 0.15) is 5.75 Å². The lowest BCUT2D eigenvalue weighted by Crippen LogP contribution is -2.09. The van der Waals surface area contributed by atoms with Gasteiger partial charge in [-0.3, -0.25) is 4.79 Å². The molecule has 2 rings (SSSR count). The third kappa shape index (κ3) is 3.59. The van der Waals surface area contributed by atoms with Gasteiger partial charge in [-0.15, -0.1) is 0 Å². The molecule has 0 aromatic heterocycles. The molecule has 19 heavy (non-hydrogen) atoms. The van der Waals surface area contributed by atoms with E-state index >= 15 is 0 Å². The third-order valence-electron chi connectivity index (χ3n) is 2.18. The molecule has 6 nitrogen and oxygen atoms in total. The number of rotatable bonds is 4. The number of aliphatic imine (C=N–C) groups is 1. The molecule has 98 valence electrons. The molecule has 0 aliphatic carbocycles. The first-order chi connectivity index (χ1) is 9.04. The second-order valence-electron chi connectivity index (χ2n) is 3.62. The Morgan fingerprint density at radius 2 is 2.11 bits per heavy atom. The number of carboxylic acid groups (broad SMARTS) is 1. The number of benzene rings is 1. The fourth-order valence-electron chi connectivity index (χ4n) is 1.38. The number of amidine groups is 1. The van der Waals surface area contributed by atoms with Gasteiger partial charge in [0.05, 0.1) is 4.91 Å². The lowest BCUT2D eigenvalue weighted by Gasteiger charge is -2.03. The van der Waals surface area contributed by atoms with Crippen molar-refractivity contribution in [3.05, 3.63) is 34.7 Å². The van der Waals surface area contributed by atoms with Crippen LogP contribution in [0.5, 0.6) is 5.75 Å². The minimum absolute atomic E-state index is 0.234. The Labute approximate surface area is 113 Å². The fraction of sp³-hybridized carbons (Fsp3) is 0.0833. The molecule has 1 heterocycles. The predicted octanol–water partition coefficient (Wildman–Crippen LogP) is 1.08. The summed E-state index contributed by atoms with van der Waals surface area (Å²) in [7, 11) is 0. The Kier molecular flexibility index (Phi) is 3.86. The standard InChI is InChI=1S/C12H10N2O4S/c13-12-14-11(17)9(19-12)5-7-1-3-8(4-2-7)18-6-10(15)16/h1-5H,6H2,(H,15,16)(H2,13,14,17)/b9-5+. The van der Waals surface area contributed by atoms with E-state index in [1.165, 1.54) is 0 Å². The molecule has 0 saturated carbocycles. The number of aliphatic carboxylic acids is 1. The summed E-state index contributed by atoms with van der Waals surface area (Å²) in [5.41, 5.74) is 6.22. The van der Waals surface area contributed by atoms with E-state index in [0.29, 0.717) is 10.7 Å². The molecule has 0 saturated heterocycles. The highest BCUT2D eigenvalue weighted by molar-refractivity contribution is 8.18. The van der Waals surface area contributed by atoms with E-state index in [-0.39, 0.29) is 17.7 Å². The summed E-state index contributed by atoms with van der Waals surface area (Å²) >= 11 is 1.12. The molecule has 1 aromatic carbocycles. The van der Waals surface area contributed by atoms with Crippen LogP contribution in [0.25, 0.3) is 6.08 Å². The van der Waals surface area contributed by atoms with Crippen LogP contribution in [0.15, 0.2) is 34.2 Å². The molecule has 0 radical (unpaired) electrons. The smallest absolute Gasteiger partial charge is 0.341 e. The van der Waals surface area contributed by atoms with Gasteiger partial charge in [-0.25, -0.2) is 4.79 Å².